The minimum Gasteiger partial charge on any atom is -0.493 e. The molecule has 2 N–H and O–H groups in total. The molecule has 1 aromatic heterocycles. The number of rotatable bonds is 3. The molecular formula is C22H27BrN2O3S. The van der Waals surface area contributed by atoms with Gasteiger partial charge in [-0.15, -0.1) is 11.3 Å². The van der Waals surface area contributed by atoms with Crippen molar-refractivity contribution in [2.24, 2.45) is 11.3 Å². The van der Waals surface area contributed by atoms with Crippen molar-refractivity contribution >= 4 is 38.2 Å². The molecule has 1 aromatic carbocycles. The molecule has 2 aromatic rings. The van der Waals surface area contributed by atoms with E-state index in [1.165, 1.54) is 10.4 Å². The molecule has 156 valence electrons. The Morgan fingerprint density at radius 3 is 2.59 bits per heavy atom. The van der Waals surface area contributed by atoms with Crippen LogP contribution < -0.4 is 20.1 Å². The van der Waals surface area contributed by atoms with Gasteiger partial charge in [0.15, 0.2) is 11.5 Å². The third kappa shape index (κ3) is 3.63. The molecule has 5 nitrogen and oxygen atoms in total. The lowest BCUT2D eigenvalue weighted by atomic mass is 9.72. The maximum absolute atomic E-state index is 13.0. The monoisotopic (exact) mass is 478 g/mol. The number of halogens is 1. The molecule has 0 fully saturated rings. The zero-order chi connectivity index (χ0) is 20.9. The number of hydrogen-bond acceptors (Lipinski definition) is 5. The van der Waals surface area contributed by atoms with E-state index in [-0.39, 0.29) is 17.5 Å². The highest BCUT2D eigenvalue weighted by molar-refractivity contribution is 9.10. The largest absolute Gasteiger partial charge is 0.493 e. The number of carbonyl (C=O) groups is 1. The van der Waals surface area contributed by atoms with Crippen LogP contribution in [0.4, 0.5) is 5.00 Å². The van der Waals surface area contributed by atoms with Crippen LogP contribution in [-0.2, 0) is 12.8 Å². The fourth-order valence-corrected chi connectivity index (χ4v) is 6.28. The number of ether oxygens (including phenoxy) is 2. The van der Waals surface area contributed by atoms with Crippen LogP contribution in [0.25, 0.3) is 0 Å². The summed E-state index contributed by atoms with van der Waals surface area (Å²) >= 11 is 5.28. The molecule has 2 heterocycles. The highest BCUT2D eigenvalue weighted by Gasteiger charge is 2.36. The zero-order valence-electron chi connectivity index (χ0n) is 17.4. The summed E-state index contributed by atoms with van der Waals surface area (Å²) in [7, 11) is 3.22. The average molecular weight is 479 g/mol. The molecule has 4 rings (SSSR count). The van der Waals surface area contributed by atoms with Crippen molar-refractivity contribution in [2.45, 2.75) is 46.2 Å². The van der Waals surface area contributed by atoms with Crippen LogP contribution in [-0.4, -0.2) is 20.1 Å². The van der Waals surface area contributed by atoms with Gasteiger partial charge in [0.1, 0.15) is 11.2 Å². The van der Waals surface area contributed by atoms with Crippen molar-refractivity contribution in [3.05, 3.63) is 38.2 Å². The third-order valence-electron chi connectivity index (χ3n) is 6.06. The standard InChI is InChI=1S/C22H27BrN2O3S/c1-22(2,3)12-6-7-13-16(10-12)29-21-17(13)20(26)24-19(25-21)11-8-14(23)18(28-5)15(9-11)27-4/h8-9,12,19,25H,6-7,10H2,1-5H3,(H,24,26)/t12-,19+/m0/s1. The molecule has 0 spiro atoms. The van der Waals surface area contributed by atoms with E-state index in [2.05, 4.69) is 47.3 Å². The first kappa shape index (κ1) is 20.5. The van der Waals surface area contributed by atoms with Crippen LogP contribution in [0.1, 0.15) is 59.7 Å². The first-order valence-electron chi connectivity index (χ1n) is 9.86. The van der Waals surface area contributed by atoms with Gasteiger partial charge < -0.3 is 20.1 Å². The molecule has 1 amide bonds. The predicted octanol–water partition coefficient (Wildman–Crippen LogP) is 5.53. The molecule has 0 saturated carbocycles. The van der Waals surface area contributed by atoms with Crippen LogP contribution in [0.2, 0.25) is 0 Å². The highest BCUT2D eigenvalue weighted by atomic mass is 79.9. The third-order valence-corrected chi connectivity index (χ3v) is 7.83. The fraction of sp³-hybridized carbons (Fsp3) is 0.500. The van der Waals surface area contributed by atoms with Gasteiger partial charge in [0.25, 0.3) is 5.91 Å². The van der Waals surface area contributed by atoms with Gasteiger partial charge in [0.2, 0.25) is 0 Å². The van der Waals surface area contributed by atoms with Gasteiger partial charge in [-0.05, 0) is 69.8 Å². The summed E-state index contributed by atoms with van der Waals surface area (Å²) in [5.41, 5.74) is 3.27. The van der Waals surface area contributed by atoms with Crippen molar-refractivity contribution in [2.75, 3.05) is 19.5 Å². The van der Waals surface area contributed by atoms with Gasteiger partial charge in [-0.3, -0.25) is 4.79 Å². The molecule has 0 radical (unpaired) electrons. The van der Waals surface area contributed by atoms with Crippen LogP contribution in [0.3, 0.4) is 0 Å². The van der Waals surface area contributed by atoms with E-state index in [1.54, 1.807) is 25.6 Å². The number of amides is 1. The second-order valence-corrected chi connectivity index (χ2v) is 10.8. The summed E-state index contributed by atoms with van der Waals surface area (Å²) in [6.07, 6.45) is 2.85. The summed E-state index contributed by atoms with van der Waals surface area (Å²) in [4.78, 5) is 14.4. The molecule has 1 aliphatic heterocycles. The number of thiophene rings is 1. The molecule has 0 unspecified atom stereocenters. The summed E-state index contributed by atoms with van der Waals surface area (Å²) in [5, 5.41) is 7.64. The van der Waals surface area contributed by atoms with Crippen LogP contribution in [0, 0.1) is 11.3 Å². The summed E-state index contributed by atoms with van der Waals surface area (Å²) in [5.74, 6) is 1.91. The summed E-state index contributed by atoms with van der Waals surface area (Å²) in [6, 6.07) is 3.85. The Balaban J connectivity index is 1.66. The maximum Gasteiger partial charge on any atom is 0.256 e. The van der Waals surface area contributed by atoms with Gasteiger partial charge in [-0.25, -0.2) is 0 Å². The van der Waals surface area contributed by atoms with Gasteiger partial charge in [0, 0.05) is 4.88 Å². The Morgan fingerprint density at radius 1 is 1.17 bits per heavy atom. The number of methoxy groups -OCH3 is 2. The van der Waals surface area contributed by atoms with Crippen molar-refractivity contribution in [1.29, 1.82) is 0 Å². The van der Waals surface area contributed by atoms with Crippen LogP contribution >= 0.6 is 27.3 Å². The summed E-state index contributed by atoms with van der Waals surface area (Å²) in [6.45, 7) is 6.93. The minimum absolute atomic E-state index is 0.00126. The second kappa shape index (κ2) is 7.51. The Kier molecular flexibility index (Phi) is 5.32. The zero-order valence-corrected chi connectivity index (χ0v) is 19.8. The number of carbonyl (C=O) groups excluding carboxylic acids is 1. The average Bonchev–Trinajstić information content (AvgIpc) is 3.04. The van der Waals surface area contributed by atoms with E-state index >= 15 is 0 Å². The molecule has 0 bridgehead atoms. The quantitative estimate of drug-likeness (QED) is 0.608. The lowest BCUT2D eigenvalue weighted by Crippen LogP contribution is -2.38. The van der Waals surface area contributed by atoms with E-state index in [0.717, 1.165) is 39.9 Å². The number of nitrogens with one attached hydrogen (secondary N) is 2. The van der Waals surface area contributed by atoms with E-state index in [0.29, 0.717) is 17.4 Å². The van der Waals surface area contributed by atoms with E-state index in [1.807, 2.05) is 12.1 Å². The lowest BCUT2D eigenvalue weighted by molar-refractivity contribution is 0.0934. The van der Waals surface area contributed by atoms with Crippen molar-refractivity contribution < 1.29 is 14.3 Å². The maximum atomic E-state index is 13.0. The Hall–Kier alpha value is -1.73. The van der Waals surface area contributed by atoms with Gasteiger partial charge in [-0.2, -0.15) is 0 Å². The molecule has 2 aliphatic rings. The number of benzene rings is 1. The molecule has 29 heavy (non-hydrogen) atoms. The Bertz CT molecular complexity index is 964. The molecule has 0 saturated heterocycles. The molecule has 2 atom stereocenters. The van der Waals surface area contributed by atoms with Gasteiger partial charge in [-0.1, -0.05) is 20.8 Å². The van der Waals surface area contributed by atoms with Crippen molar-refractivity contribution in [1.82, 2.24) is 5.32 Å². The number of fused-ring (bicyclic) bond motifs is 3. The second-order valence-electron chi connectivity index (χ2n) is 8.80. The first-order valence-corrected chi connectivity index (χ1v) is 11.5. The Morgan fingerprint density at radius 2 is 1.93 bits per heavy atom. The van der Waals surface area contributed by atoms with Crippen LogP contribution in [0.15, 0.2) is 16.6 Å². The minimum atomic E-state index is -0.315. The van der Waals surface area contributed by atoms with Crippen molar-refractivity contribution in [3.8, 4) is 11.5 Å². The number of anilines is 1. The molecule has 1 aliphatic carbocycles. The topological polar surface area (TPSA) is 59.6 Å². The van der Waals surface area contributed by atoms with Gasteiger partial charge >= 0.3 is 0 Å². The fourth-order valence-electron chi connectivity index (χ4n) is 4.31. The normalized spacial score (nSPS) is 21.0. The van der Waals surface area contributed by atoms with Crippen molar-refractivity contribution in [3.63, 3.8) is 0 Å². The van der Waals surface area contributed by atoms with E-state index in [9.17, 15) is 4.79 Å². The molecule has 7 heteroatoms. The molecular weight excluding hydrogens is 452 g/mol. The first-order chi connectivity index (χ1) is 13.7. The Labute approximate surface area is 184 Å². The number of hydrogen-bond donors (Lipinski definition) is 2. The predicted molar refractivity (Wildman–Crippen MR) is 120 cm³/mol. The van der Waals surface area contributed by atoms with E-state index in [4.69, 9.17) is 9.47 Å². The smallest absolute Gasteiger partial charge is 0.256 e. The van der Waals surface area contributed by atoms with Crippen LogP contribution in [0.5, 0.6) is 11.5 Å². The summed E-state index contributed by atoms with van der Waals surface area (Å²) < 4.78 is 11.7. The van der Waals surface area contributed by atoms with E-state index < -0.39 is 0 Å². The van der Waals surface area contributed by atoms with Gasteiger partial charge in [0.05, 0.1) is 24.3 Å². The SMILES string of the molecule is COc1cc([C@@H]2NC(=O)c3c(sc4c3CC[C@H](C(C)(C)C)C4)N2)cc(Br)c1OC. The lowest BCUT2D eigenvalue weighted by Gasteiger charge is -2.34. The highest BCUT2D eigenvalue weighted by Crippen LogP contribution is 2.46.